The van der Waals surface area contributed by atoms with Crippen molar-refractivity contribution in [1.29, 1.82) is 0 Å². The summed E-state index contributed by atoms with van der Waals surface area (Å²) in [7, 11) is 1.87. The van der Waals surface area contributed by atoms with E-state index in [1.165, 1.54) is 6.20 Å². The van der Waals surface area contributed by atoms with E-state index in [4.69, 9.17) is 16.3 Å². The van der Waals surface area contributed by atoms with Crippen molar-refractivity contribution in [3.05, 3.63) is 46.9 Å². The van der Waals surface area contributed by atoms with Gasteiger partial charge in [-0.05, 0) is 31.2 Å². The highest BCUT2D eigenvalue weighted by atomic mass is 35.5. The Morgan fingerprint density at radius 1 is 1.28 bits per heavy atom. The van der Waals surface area contributed by atoms with Crippen LogP contribution in [0, 0.1) is 0 Å². The number of esters is 1. The fourth-order valence-corrected chi connectivity index (χ4v) is 2.86. The molecule has 0 aliphatic carbocycles. The molecule has 0 aliphatic rings. The van der Waals surface area contributed by atoms with E-state index in [9.17, 15) is 4.79 Å². The number of rotatable bonds is 3. The highest BCUT2D eigenvalue weighted by Crippen LogP contribution is 2.25. The maximum Gasteiger partial charge on any atom is 0.340 e. The molecule has 4 aromatic rings. The van der Waals surface area contributed by atoms with Gasteiger partial charge in [0.1, 0.15) is 5.52 Å². The number of imidazole rings is 1. The number of halogens is 1. The van der Waals surface area contributed by atoms with Gasteiger partial charge in [-0.25, -0.2) is 14.8 Å². The minimum atomic E-state index is -0.545. The third-order valence-electron chi connectivity index (χ3n) is 3.93. The summed E-state index contributed by atoms with van der Waals surface area (Å²) < 4.78 is 7.41. The third-order valence-corrected chi connectivity index (χ3v) is 4.17. The van der Waals surface area contributed by atoms with Gasteiger partial charge >= 0.3 is 5.97 Å². The van der Waals surface area contributed by atoms with Crippen molar-refractivity contribution in [1.82, 2.24) is 29.9 Å². The van der Waals surface area contributed by atoms with Gasteiger partial charge in [-0.2, -0.15) is 10.3 Å². The molecule has 1 N–H and O–H groups in total. The first-order valence-electron chi connectivity index (χ1n) is 7.52. The Morgan fingerprint density at radius 3 is 2.96 bits per heavy atom. The number of fused-ring (bicyclic) bond motifs is 2. The molecule has 0 unspecified atom stereocenters. The topological polar surface area (TPSA) is 98.6 Å². The molecular weight excluding hydrogens is 344 g/mol. The van der Waals surface area contributed by atoms with E-state index < -0.39 is 12.1 Å². The van der Waals surface area contributed by atoms with Gasteiger partial charge in [-0.3, -0.25) is 0 Å². The standard InChI is InChI=1S/C16H13ClN6O2/c1-8(15-19-11-6-10(17)3-4-13(11)23(15)2)25-16(24)9-5-12-14(18-7-9)21-22-20-12/h3-8H,1-2H3,(H,18,20,21,22)/t8-/m1/s1. The largest absolute Gasteiger partial charge is 0.451 e. The average molecular weight is 357 g/mol. The molecule has 3 aromatic heterocycles. The normalized spacial score (nSPS) is 12.6. The molecular formula is C16H13ClN6O2. The van der Waals surface area contributed by atoms with E-state index >= 15 is 0 Å². The van der Waals surface area contributed by atoms with Gasteiger partial charge in [0.15, 0.2) is 11.9 Å². The molecule has 126 valence electrons. The fourth-order valence-electron chi connectivity index (χ4n) is 2.69. The highest BCUT2D eigenvalue weighted by molar-refractivity contribution is 6.31. The van der Waals surface area contributed by atoms with E-state index in [1.54, 1.807) is 25.1 Å². The molecule has 0 saturated carbocycles. The zero-order valence-corrected chi connectivity index (χ0v) is 14.2. The monoisotopic (exact) mass is 356 g/mol. The minimum Gasteiger partial charge on any atom is -0.451 e. The summed E-state index contributed by atoms with van der Waals surface area (Å²) in [5, 5.41) is 10.8. The molecule has 0 saturated heterocycles. The van der Waals surface area contributed by atoms with Crippen molar-refractivity contribution >= 4 is 39.8 Å². The van der Waals surface area contributed by atoms with Crippen LogP contribution >= 0.6 is 11.6 Å². The Kier molecular flexibility index (Phi) is 3.61. The molecule has 1 aromatic carbocycles. The molecule has 25 heavy (non-hydrogen) atoms. The molecule has 8 nitrogen and oxygen atoms in total. The minimum absolute atomic E-state index is 0.301. The zero-order valence-electron chi connectivity index (χ0n) is 13.4. The fraction of sp³-hybridized carbons (Fsp3) is 0.188. The molecule has 0 spiro atoms. The molecule has 3 heterocycles. The summed E-state index contributed by atoms with van der Waals surface area (Å²) in [6, 6.07) is 7.03. The van der Waals surface area contributed by atoms with Crippen molar-refractivity contribution in [2.45, 2.75) is 13.0 Å². The number of nitrogens with zero attached hydrogens (tertiary/aromatic N) is 5. The summed E-state index contributed by atoms with van der Waals surface area (Å²) >= 11 is 6.01. The molecule has 4 rings (SSSR count). The smallest absolute Gasteiger partial charge is 0.340 e. The second kappa shape index (κ2) is 5.82. The van der Waals surface area contributed by atoms with Gasteiger partial charge in [0.25, 0.3) is 0 Å². The van der Waals surface area contributed by atoms with Gasteiger partial charge in [0.05, 0.1) is 16.6 Å². The number of pyridine rings is 1. The highest BCUT2D eigenvalue weighted by Gasteiger charge is 2.20. The van der Waals surface area contributed by atoms with E-state index in [2.05, 4.69) is 25.4 Å². The van der Waals surface area contributed by atoms with E-state index in [0.717, 1.165) is 11.0 Å². The Balaban J connectivity index is 1.61. The summed E-state index contributed by atoms with van der Waals surface area (Å²) in [6.07, 6.45) is 0.867. The summed E-state index contributed by atoms with van der Waals surface area (Å²) in [4.78, 5) is 21.0. The number of aromatic nitrogens is 6. The van der Waals surface area contributed by atoms with E-state index in [-0.39, 0.29) is 0 Å². The van der Waals surface area contributed by atoms with Crippen LogP contribution in [0.25, 0.3) is 22.2 Å². The maximum absolute atomic E-state index is 12.4. The van der Waals surface area contributed by atoms with Crippen LogP contribution in [-0.4, -0.2) is 35.9 Å². The van der Waals surface area contributed by atoms with Crippen LogP contribution in [0.5, 0.6) is 0 Å². The lowest BCUT2D eigenvalue weighted by atomic mass is 10.2. The van der Waals surface area contributed by atoms with E-state index in [0.29, 0.717) is 27.6 Å². The second-order valence-corrected chi connectivity index (χ2v) is 6.04. The first kappa shape index (κ1) is 15.5. The molecule has 9 heteroatoms. The van der Waals surface area contributed by atoms with Gasteiger partial charge in [-0.1, -0.05) is 11.6 Å². The molecule has 0 amide bonds. The Bertz CT molecular complexity index is 1100. The quantitative estimate of drug-likeness (QED) is 0.567. The van der Waals surface area contributed by atoms with Crippen LogP contribution in [0.2, 0.25) is 5.02 Å². The number of carbonyl (C=O) groups excluding carboxylic acids is 1. The number of aryl methyl sites for hydroxylation is 1. The molecule has 0 fully saturated rings. The van der Waals surface area contributed by atoms with Gasteiger partial charge in [-0.15, -0.1) is 5.10 Å². The lowest BCUT2D eigenvalue weighted by Gasteiger charge is -2.13. The summed E-state index contributed by atoms with van der Waals surface area (Å²) in [5.41, 5.74) is 2.90. The first-order valence-corrected chi connectivity index (χ1v) is 7.90. The number of hydrogen-bond acceptors (Lipinski definition) is 6. The summed E-state index contributed by atoms with van der Waals surface area (Å²) in [5.74, 6) is 0.121. The molecule has 1 atom stereocenters. The number of aromatic amines is 1. The average Bonchev–Trinajstić information content (AvgIpc) is 3.18. The van der Waals surface area contributed by atoms with Crippen LogP contribution in [0.15, 0.2) is 30.5 Å². The lowest BCUT2D eigenvalue weighted by molar-refractivity contribution is 0.0315. The van der Waals surface area contributed by atoms with Crippen LogP contribution in [0.4, 0.5) is 0 Å². The van der Waals surface area contributed by atoms with Crippen LogP contribution in [-0.2, 0) is 11.8 Å². The van der Waals surface area contributed by atoms with Gasteiger partial charge < -0.3 is 9.30 Å². The Hall–Kier alpha value is -3.00. The van der Waals surface area contributed by atoms with Crippen LogP contribution < -0.4 is 0 Å². The number of carbonyl (C=O) groups is 1. The Morgan fingerprint density at radius 2 is 2.12 bits per heavy atom. The maximum atomic E-state index is 12.4. The third kappa shape index (κ3) is 2.70. The predicted molar refractivity (Wildman–Crippen MR) is 91.2 cm³/mol. The number of benzene rings is 1. The number of nitrogens with one attached hydrogen (secondary N) is 1. The van der Waals surface area contributed by atoms with E-state index in [1.807, 2.05) is 17.7 Å². The van der Waals surface area contributed by atoms with Crippen LogP contribution in [0.1, 0.15) is 29.2 Å². The second-order valence-electron chi connectivity index (χ2n) is 5.60. The summed E-state index contributed by atoms with van der Waals surface area (Å²) in [6.45, 7) is 1.77. The van der Waals surface area contributed by atoms with Crippen molar-refractivity contribution in [2.75, 3.05) is 0 Å². The van der Waals surface area contributed by atoms with Crippen molar-refractivity contribution in [3.8, 4) is 0 Å². The SMILES string of the molecule is C[C@@H](OC(=O)c1cnc2n[nH]nc2c1)c1nc2cc(Cl)ccc2n1C. The van der Waals surface area contributed by atoms with Crippen molar-refractivity contribution in [3.63, 3.8) is 0 Å². The van der Waals surface area contributed by atoms with Crippen LogP contribution in [0.3, 0.4) is 0 Å². The molecule has 0 bridgehead atoms. The first-order chi connectivity index (χ1) is 12.0. The van der Waals surface area contributed by atoms with Gasteiger partial charge in [0.2, 0.25) is 5.65 Å². The van der Waals surface area contributed by atoms with Crippen molar-refractivity contribution < 1.29 is 9.53 Å². The number of ether oxygens (including phenoxy) is 1. The van der Waals surface area contributed by atoms with Gasteiger partial charge in [0, 0.05) is 18.3 Å². The predicted octanol–water partition coefficient (Wildman–Crippen LogP) is 2.81. The molecule has 0 radical (unpaired) electrons. The lowest BCUT2D eigenvalue weighted by Crippen LogP contribution is -2.13. The van der Waals surface area contributed by atoms with Crippen molar-refractivity contribution in [2.24, 2.45) is 7.05 Å². The number of H-pyrrole nitrogens is 1. The number of hydrogen-bond donors (Lipinski definition) is 1. The Labute approximate surface area is 146 Å². The molecule has 0 aliphatic heterocycles. The zero-order chi connectivity index (χ0) is 17.6.